The summed E-state index contributed by atoms with van der Waals surface area (Å²) in [6, 6.07) is 13.1. The molecule has 0 atom stereocenters. The summed E-state index contributed by atoms with van der Waals surface area (Å²) in [6.45, 7) is 2.41. The molecule has 2 aromatic heterocycles. The van der Waals surface area contributed by atoms with Crippen LogP contribution in [0.2, 0.25) is 0 Å². The van der Waals surface area contributed by atoms with Crippen LogP contribution in [0, 0.1) is 6.92 Å². The van der Waals surface area contributed by atoms with Crippen molar-refractivity contribution in [2.75, 3.05) is 0 Å². The number of hydrogen-bond acceptors (Lipinski definition) is 3. The van der Waals surface area contributed by atoms with E-state index in [9.17, 15) is 4.79 Å². The van der Waals surface area contributed by atoms with Crippen LogP contribution in [-0.4, -0.2) is 15.7 Å². The zero-order valence-electron chi connectivity index (χ0n) is 11.6. The number of carbonyl (C=O) groups is 1. The number of rotatable bonds is 4. The molecule has 0 aliphatic carbocycles. The molecule has 0 saturated carbocycles. The Morgan fingerprint density at radius 2 is 2.05 bits per heavy atom. The monoisotopic (exact) mass is 281 g/mol. The lowest BCUT2D eigenvalue weighted by molar-refractivity contribution is 0.0922. The number of nitrogens with zero attached hydrogens (tertiary/aromatic N) is 2. The number of nitrogens with one attached hydrogen (secondary N) is 1. The third-order valence-corrected chi connectivity index (χ3v) is 3.05. The second kappa shape index (κ2) is 5.66. The van der Waals surface area contributed by atoms with Crippen molar-refractivity contribution in [1.29, 1.82) is 0 Å². The summed E-state index contributed by atoms with van der Waals surface area (Å²) in [4.78, 5) is 12.0. The highest BCUT2D eigenvalue weighted by Crippen LogP contribution is 2.13. The van der Waals surface area contributed by atoms with Crippen molar-refractivity contribution >= 4 is 5.91 Å². The van der Waals surface area contributed by atoms with Gasteiger partial charge >= 0.3 is 0 Å². The molecule has 106 valence electrons. The number of amides is 1. The lowest BCUT2D eigenvalue weighted by Gasteiger charge is -2.03. The van der Waals surface area contributed by atoms with Crippen LogP contribution in [0.4, 0.5) is 0 Å². The van der Waals surface area contributed by atoms with Crippen molar-refractivity contribution in [1.82, 2.24) is 15.1 Å². The third-order valence-electron chi connectivity index (χ3n) is 3.05. The van der Waals surface area contributed by atoms with Gasteiger partial charge in [-0.2, -0.15) is 5.10 Å². The first-order chi connectivity index (χ1) is 10.2. The fourth-order valence-electron chi connectivity index (χ4n) is 1.97. The third kappa shape index (κ3) is 3.02. The lowest BCUT2D eigenvalue weighted by atomic mass is 10.2. The molecule has 0 radical (unpaired) electrons. The van der Waals surface area contributed by atoms with Gasteiger partial charge in [0.05, 0.1) is 6.20 Å². The summed E-state index contributed by atoms with van der Waals surface area (Å²) in [5, 5.41) is 6.97. The Hall–Kier alpha value is -2.82. The molecule has 0 saturated heterocycles. The van der Waals surface area contributed by atoms with E-state index in [4.69, 9.17) is 4.42 Å². The van der Waals surface area contributed by atoms with Crippen molar-refractivity contribution in [2.45, 2.75) is 13.5 Å². The van der Waals surface area contributed by atoms with Crippen molar-refractivity contribution in [3.8, 4) is 5.88 Å². The van der Waals surface area contributed by atoms with E-state index in [0.29, 0.717) is 12.4 Å². The van der Waals surface area contributed by atoms with Crippen molar-refractivity contribution in [3.63, 3.8) is 0 Å². The van der Waals surface area contributed by atoms with Gasteiger partial charge in [-0.1, -0.05) is 30.3 Å². The number of aryl methyl sites for hydroxylation is 1. The second-order valence-corrected chi connectivity index (χ2v) is 4.77. The van der Waals surface area contributed by atoms with Gasteiger partial charge in [-0.15, -0.1) is 0 Å². The van der Waals surface area contributed by atoms with Gasteiger partial charge in [0.25, 0.3) is 5.91 Å². The van der Waals surface area contributed by atoms with E-state index in [1.54, 1.807) is 23.0 Å². The molecule has 1 N–H and O–H groups in total. The first-order valence-corrected chi connectivity index (χ1v) is 6.66. The molecule has 0 unspecified atom stereocenters. The van der Waals surface area contributed by atoms with Gasteiger partial charge in [-0.05, 0) is 24.1 Å². The van der Waals surface area contributed by atoms with Gasteiger partial charge in [0.1, 0.15) is 0 Å². The fourth-order valence-corrected chi connectivity index (χ4v) is 1.97. The Kier molecular flexibility index (Phi) is 3.55. The Labute approximate surface area is 122 Å². The quantitative estimate of drug-likeness (QED) is 0.800. The maximum absolute atomic E-state index is 12.0. The summed E-state index contributed by atoms with van der Waals surface area (Å²) in [5.41, 5.74) is 2.07. The molecular formula is C16H15N3O2. The molecule has 0 aliphatic heterocycles. The molecule has 3 aromatic rings. The van der Waals surface area contributed by atoms with Gasteiger partial charge in [0.2, 0.25) is 5.88 Å². The molecule has 5 heteroatoms. The van der Waals surface area contributed by atoms with Crippen molar-refractivity contribution in [3.05, 3.63) is 71.7 Å². The molecule has 0 fully saturated rings. The van der Waals surface area contributed by atoms with Gasteiger partial charge in [-0.25, -0.2) is 4.68 Å². The summed E-state index contributed by atoms with van der Waals surface area (Å²) in [5.74, 6) is 0.552. The van der Waals surface area contributed by atoms with Crippen LogP contribution in [0.1, 0.15) is 21.7 Å². The van der Waals surface area contributed by atoms with Crippen LogP contribution in [0.25, 0.3) is 5.88 Å². The second-order valence-electron chi connectivity index (χ2n) is 4.77. The molecule has 3 rings (SSSR count). The van der Waals surface area contributed by atoms with E-state index in [2.05, 4.69) is 10.4 Å². The zero-order chi connectivity index (χ0) is 14.7. The highest BCUT2D eigenvalue weighted by atomic mass is 16.4. The Bertz CT molecular complexity index is 744. The highest BCUT2D eigenvalue weighted by molar-refractivity contribution is 5.91. The predicted molar refractivity (Wildman–Crippen MR) is 78.2 cm³/mol. The van der Waals surface area contributed by atoms with E-state index in [1.165, 1.54) is 0 Å². The predicted octanol–water partition coefficient (Wildman–Crippen LogP) is 2.70. The van der Waals surface area contributed by atoms with Crippen molar-refractivity contribution < 1.29 is 9.21 Å². The Morgan fingerprint density at radius 1 is 1.24 bits per heavy atom. The molecule has 0 spiro atoms. The lowest BCUT2D eigenvalue weighted by Crippen LogP contribution is -2.22. The first kappa shape index (κ1) is 13.2. The maximum Gasteiger partial charge on any atom is 0.287 e. The minimum atomic E-state index is -0.242. The largest absolute Gasteiger partial charge is 0.433 e. The van der Waals surface area contributed by atoms with E-state index in [1.807, 2.05) is 43.5 Å². The van der Waals surface area contributed by atoms with Crippen LogP contribution in [0.3, 0.4) is 0 Å². The Balaban J connectivity index is 1.67. The van der Waals surface area contributed by atoms with Gasteiger partial charge in [0.15, 0.2) is 5.76 Å². The number of carbonyl (C=O) groups excluding carboxylic acids is 1. The topological polar surface area (TPSA) is 60.1 Å². The smallest absolute Gasteiger partial charge is 0.287 e. The van der Waals surface area contributed by atoms with Crippen LogP contribution in [-0.2, 0) is 6.54 Å². The van der Waals surface area contributed by atoms with E-state index in [-0.39, 0.29) is 11.7 Å². The Morgan fingerprint density at radius 3 is 2.76 bits per heavy atom. The van der Waals surface area contributed by atoms with E-state index >= 15 is 0 Å². The highest BCUT2D eigenvalue weighted by Gasteiger charge is 2.12. The summed E-state index contributed by atoms with van der Waals surface area (Å²) in [7, 11) is 0. The molecule has 5 nitrogen and oxygen atoms in total. The molecule has 2 heterocycles. The number of benzene rings is 1. The van der Waals surface area contributed by atoms with Crippen LogP contribution < -0.4 is 5.32 Å². The van der Waals surface area contributed by atoms with Gasteiger partial charge in [-0.3, -0.25) is 4.79 Å². The number of hydrogen-bond donors (Lipinski definition) is 1. The maximum atomic E-state index is 12.0. The number of furan rings is 1. The van der Waals surface area contributed by atoms with Crippen LogP contribution >= 0.6 is 0 Å². The molecule has 1 aromatic carbocycles. The van der Waals surface area contributed by atoms with Crippen LogP contribution in [0.5, 0.6) is 0 Å². The molecule has 0 aliphatic rings. The molecule has 21 heavy (non-hydrogen) atoms. The van der Waals surface area contributed by atoms with Crippen molar-refractivity contribution in [2.24, 2.45) is 0 Å². The first-order valence-electron chi connectivity index (χ1n) is 6.66. The normalized spacial score (nSPS) is 10.5. The summed E-state index contributed by atoms with van der Waals surface area (Å²) in [6.07, 6.45) is 3.57. The minimum absolute atomic E-state index is 0.242. The molecule has 0 bridgehead atoms. The number of aromatic nitrogens is 2. The molecule has 1 amide bonds. The van der Waals surface area contributed by atoms with E-state index in [0.717, 1.165) is 11.1 Å². The standard InChI is InChI=1S/C16H15N3O2/c1-12-9-18-19(11-12)15-8-7-14(21-15)16(20)17-10-13-5-3-2-4-6-13/h2-9,11H,10H2,1H3,(H,17,20). The molecular weight excluding hydrogens is 266 g/mol. The average molecular weight is 281 g/mol. The van der Waals surface area contributed by atoms with Gasteiger partial charge < -0.3 is 9.73 Å². The average Bonchev–Trinajstić information content (AvgIpc) is 3.14. The fraction of sp³-hybridized carbons (Fsp3) is 0.125. The van der Waals surface area contributed by atoms with Crippen LogP contribution in [0.15, 0.2) is 59.3 Å². The van der Waals surface area contributed by atoms with E-state index < -0.39 is 0 Å². The van der Waals surface area contributed by atoms with Gasteiger partial charge in [0, 0.05) is 18.8 Å². The summed E-state index contributed by atoms with van der Waals surface area (Å²) >= 11 is 0. The minimum Gasteiger partial charge on any atom is -0.433 e. The SMILES string of the molecule is Cc1cnn(-c2ccc(C(=O)NCc3ccccc3)o2)c1. The zero-order valence-corrected chi connectivity index (χ0v) is 11.6. The summed E-state index contributed by atoms with van der Waals surface area (Å²) < 4.78 is 7.12.